The lowest BCUT2D eigenvalue weighted by atomic mass is 10.1. The van der Waals surface area contributed by atoms with Crippen molar-refractivity contribution in [2.24, 2.45) is 5.10 Å². The van der Waals surface area contributed by atoms with E-state index in [1.165, 1.54) is 18.2 Å². The second kappa shape index (κ2) is 6.75. The molecule has 2 rings (SSSR count). The number of nitrogens with zero attached hydrogens (tertiary/aromatic N) is 1. The highest BCUT2D eigenvalue weighted by Gasteiger charge is 2.32. The van der Waals surface area contributed by atoms with Gasteiger partial charge >= 0.3 is 12.2 Å². The van der Waals surface area contributed by atoms with Crippen LogP contribution >= 0.6 is 0 Å². The number of carbonyl (C=O) groups excluding carboxylic acids is 1. The maximum atomic E-state index is 12.8. The zero-order chi connectivity index (χ0) is 16.0. The molecule has 7 heteroatoms. The number of nitrogens with one attached hydrogen (secondary N) is 2. The molecule has 0 radical (unpaired) electrons. The van der Waals surface area contributed by atoms with Gasteiger partial charge in [-0.3, -0.25) is 0 Å². The fourth-order valence-corrected chi connectivity index (χ4v) is 1.71. The van der Waals surface area contributed by atoms with Crippen LogP contribution < -0.4 is 10.7 Å². The summed E-state index contributed by atoms with van der Waals surface area (Å²) in [5.74, 6) is 0. The molecule has 114 valence electrons. The van der Waals surface area contributed by atoms with Gasteiger partial charge in [-0.2, -0.15) is 18.3 Å². The fourth-order valence-electron chi connectivity index (χ4n) is 1.71. The molecule has 22 heavy (non-hydrogen) atoms. The summed E-state index contributed by atoms with van der Waals surface area (Å²) in [4.78, 5) is 11.5. The first kappa shape index (κ1) is 15.6. The molecule has 0 aromatic heterocycles. The van der Waals surface area contributed by atoms with Crippen molar-refractivity contribution in [1.82, 2.24) is 5.43 Å². The highest BCUT2D eigenvalue weighted by atomic mass is 19.4. The number of amides is 2. The van der Waals surface area contributed by atoms with E-state index in [1.54, 1.807) is 30.3 Å². The third-order valence-electron chi connectivity index (χ3n) is 2.67. The number of hydrogen-bond donors (Lipinski definition) is 2. The van der Waals surface area contributed by atoms with Gasteiger partial charge in [-0.15, -0.1) is 0 Å². The summed E-state index contributed by atoms with van der Waals surface area (Å²) in [7, 11) is 0. The van der Waals surface area contributed by atoms with Crippen LogP contribution in [0, 0.1) is 0 Å². The summed E-state index contributed by atoms with van der Waals surface area (Å²) in [5.41, 5.74) is 1.71. The number of hydrogen-bond acceptors (Lipinski definition) is 2. The summed E-state index contributed by atoms with van der Waals surface area (Å²) in [6.07, 6.45) is -3.53. The van der Waals surface area contributed by atoms with Crippen molar-refractivity contribution < 1.29 is 18.0 Å². The largest absolute Gasteiger partial charge is 0.417 e. The SMILES string of the molecule is O=C(NN=Cc1ccccc1C(F)(F)F)Nc1ccccc1. The molecule has 0 unspecified atom stereocenters. The van der Waals surface area contributed by atoms with Gasteiger partial charge in [0.05, 0.1) is 11.8 Å². The molecule has 2 N–H and O–H groups in total. The Bertz CT molecular complexity index is 669. The van der Waals surface area contributed by atoms with Crippen LogP contribution in [0.4, 0.5) is 23.7 Å². The highest BCUT2D eigenvalue weighted by molar-refractivity contribution is 5.90. The topological polar surface area (TPSA) is 53.5 Å². The van der Waals surface area contributed by atoms with Crippen LogP contribution in [0.15, 0.2) is 59.7 Å². The standard InChI is InChI=1S/C15H12F3N3O/c16-15(17,18)13-9-5-4-6-11(13)10-19-21-14(22)20-12-7-2-1-3-8-12/h1-10H,(H2,20,21,22). The van der Waals surface area contributed by atoms with E-state index in [1.807, 2.05) is 0 Å². The van der Waals surface area contributed by atoms with E-state index in [4.69, 9.17) is 0 Å². The van der Waals surface area contributed by atoms with Crippen LogP contribution in [0.5, 0.6) is 0 Å². The first-order valence-corrected chi connectivity index (χ1v) is 6.28. The number of benzene rings is 2. The average Bonchev–Trinajstić information content (AvgIpc) is 2.48. The van der Waals surface area contributed by atoms with Crippen LogP contribution in [-0.2, 0) is 6.18 Å². The molecule has 2 amide bonds. The molecule has 0 aliphatic heterocycles. The van der Waals surface area contributed by atoms with Crippen LogP contribution in [0.25, 0.3) is 0 Å². The predicted molar refractivity (Wildman–Crippen MR) is 77.6 cm³/mol. The summed E-state index contributed by atoms with van der Waals surface area (Å²) in [5, 5.41) is 6.01. The van der Waals surface area contributed by atoms with Gasteiger partial charge in [0.1, 0.15) is 0 Å². The average molecular weight is 307 g/mol. The zero-order valence-corrected chi connectivity index (χ0v) is 11.3. The Hall–Kier alpha value is -2.83. The van der Waals surface area contributed by atoms with Crippen molar-refractivity contribution in [3.63, 3.8) is 0 Å². The van der Waals surface area contributed by atoms with Crippen molar-refractivity contribution in [2.45, 2.75) is 6.18 Å². The van der Waals surface area contributed by atoms with Gasteiger partial charge in [0.2, 0.25) is 0 Å². The monoisotopic (exact) mass is 307 g/mol. The first-order chi connectivity index (χ1) is 10.5. The van der Waals surface area contributed by atoms with E-state index in [-0.39, 0.29) is 5.56 Å². The summed E-state index contributed by atoms with van der Waals surface area (Å²) >= 11 is 0. The molecule has 0 heterocycles. The quantitative estimate of drug-likeness (QED) is 0.656. The van der Waals surface area contributed by atoms with Gasteiger partial charge in [0.25, 0.3) is 0 Å². The van der Waals surface area contributed by atoms with Crippen LogP contribution in [0.1, 0.15) is 11.1 Å². The van der Waals surface area contributed by atoms with E-state index in [0.717, 1.165) is 12.3 Å². The van der Waals surface area contributed by atoms with Crippen molar-refractivity contribution in [3.05, 3.63) is 65.7 Å². The molecular formula is C15H12F3N3O. The fraction of sp³-hybridized carbons (Fsp3) is 0.0667. The van der Waals surface area contributed by atoms with E-state index in [2.05, 4.69) is 15.8 Å². The zero-order valence-electron chi connectivity index (χ0n) is 11.3. The van der Waals surface area contributed by atoms with Crippen molar-refractivity contribution >= 4 is 17.9 Å². The summed E-state index contributed by atoms with van der Waals surface area (Å²) in [6, 6.07) is 12.9. The van der Waals surface area contributed by atoms with Crippen LogP contribution in [0.2, 0.25) is 0 Å². The maximum Gasteiger partial charge on any atom is 0.417 e. The molecule has 0 bridgehead atoms. The molecular weight excluding hydrogens is 295 g/mol. The van der Waals surface area contributed by atoms with Crippen LogP contribution in [0.3, 0.4) is 0 Å². The Morgan fingerprint density at radius 3 is 2.32 bits per heavy atom. The lowest BCUT2D eigenvalue weighted by molar-refractivity contribution is -0.137. The molecule has 0 atom stereocenters. The number of para-hydroxylation sites is 1. The first-order valence-electron chi connectivity index (χ1n) is 6.28. The normalized spacial score (nSPS) is 11.4. The van der Waals surface area contributed by atoms with Gasteiger partial charge in [0.15, 0.2) is 0 Å². The maximum absolute atomic E-state index is 12.8. The minimum atomic E-state index is -4.48. The third-order valence-corrected chi connectivity index (χ3v) is 2.67. The van der Waals surface area contributed by atoms with E-state index in [0.29, 0.717) is 5.69 Å². The molecule has 4 nitrogen and oxygen atoms in total. The lowest BCUT2D eigenvalue weighted by Gasteiger charge is -2.09. The molecule has 2 aromatic rings. The van der Waals surface area contributed by atoms with E-state index in [9.17, 15) is 18.0 Å². The van der Waals surface area contributed by atoms with Gasteiger partial charge in [-0.05, 0) is 18.2 Å². The van der Waals surface area contributed by atoms with Gasteiger partial charge in [-0.1, -0.05) is 36.4 Å². The Morgan fingerprint density at radius 1 is 1.00 bits per heavy atom. The van der Waals surface area contributed by atoms with E-state index < -0.39 is 17.8 Å². The number of rotatable bonds is 3. The number of urea groups is 1. The van der Waals surface area contributed by atoms with Crippen molar-refractivity contribution in [1.29, 1.82) is 0 Å². The van der Waals surface area contributed by atoms with Gasteiger partial charge < -0.3 is 5.32 Å². The molecule has 0 spiro atoms. The Kier molecular flexibility index (Phi) is 4.77. The Morgan fingerprint density at radius 2 is 1.64 bits per heavy atom. The smallest absolute Gasteiger partial charge is 0.307 e. The summed E-state index contributed by atoms with van der Waals surface area (Å²) in [6.45, 7) is 0. The Balaban J connectivity index is 2.00. The number of hydrazone groups is 1. The minimum Gasteiger partial charge on any atom is -0.307 e. The Labute approximate surface area is 124 Å². The second-order valence-electron chi connectivity index (χ2n) is 4.28. The van der Waals surface area contributed by atoms with Crippen molar-refractivity contribution in [2.75, 3.05) is 5.32 Å². The van der Waals surface area contributed by atoms with Gasteiger partial charge in [0, 0.05) is 11.3 Å². The summed E-state index contributed by atoms with van der Waals surface area (Å²) < 4.78 is 38.3. The number of alkyl halides is 3. The minimum absolute atomic E-state index is 0.130. The lowest BCUT2D eigenvalue weighted by Crippen LogP contribution is -2.24. The third kappa shape index (κ3) is 4.34. The van der Waals surface area contributed by atoms with Crippen molar-refractivity contribution in [3.8, 4) is 0 Å². The molecule has 0 fully saturated rings. The van der Waals surface area contributed by atoms with E-state index >= 15 is 0 Å². The van der Waals surface area contributed by atoms with Gasteiger partial charge in [-0.25, -0.2) is 10.2 Å². The van der Waals surface area contributed by atoms with Crippen LogP contribution in [-0.4, -0.2) is 12.2 Å². The predicted octanol–water partition coefficient (Wildman–Crippen LogP) is 3.86. The molecule has 0 saturated heterocycles. The molecule has 2 aromatic carbocycles. The number of halogens is 3. The molecule has 0 aliphatic rings. The molecule has 0 aliphatic carbocycles. The number of anilines is 1. The highest BCUT2D eigenvalue weighted by Crippen LogP contribution is 2.30. The second-order valence-corrected chi connectivity index (χ2v) is 4.28. The molecule has 0 saturated carbocycles. The number of carbonyl (C=O) groups is 1.